The van der Waals surface area contributed by atoms with E-state index in [2.05, 4.69) is 10.1 Å². The predicted octanol–water partition coefficient (Wildman–Crippen LogP) is 1.33. The highest BCUT2D eigenvalue weighted by Crippen LogP contribution is 2.48. The first kappa shape index (κ1) is 12.0. The van der Waals surface area contributed by atoms with Crippen LogP contribution in [0.4, 0.5) is 0 Å². The van der Waals surface area contributed by atoms with Gasteiger partial charge in [0.25, 0.3) is 0 Å². The molecule has 2 aromatic heterocycles. The maximum Gasteiger partial charge on any atom is 0.319 e. The first-order valence-electron chi connectivity index (χ1n) is 6.28. The molecule has 6 nitrogen and oxygen atoms in total. The molecular weight excluding hydrogens is 246 g/mol. The Bertz CT molecular complexity index is 631. The van der Waals surface area contributed by atoms with Crippen molar-refractivity contribution in [2.75, 3.05) is 13.7 Å². The number of carbonyl (C=O) groups excluding carboxylic acids is 1. The van der Waals surface area contributed by atoms with Crippen molar-refractivity contribution >= 4 is 11.6 Å². The van der Waals surface area contributed by atoms with E-state index in [1.807, 2.05) is 12.1 Å². The smallest absolute Gasteiger partial charge is 0.319 e. The molecule has 0 spiro atoms. The van der Waals surface area contributed by atoms with Crippen LogP contribution in [0.2, 0.25) is 0 Å². The minimum atomic E-state index is -0.646. The summed E-state index contributed by atoms with van der Waals surface area (Å²) in [5.74, 6) is 0.932. The van der Waals surface area contributed by atoms with Crippen LogP contribution in [0.5, 0.6) is 5.75 Å². The van der Waals surface area contributed by atoms with Gasteiger partial charge in [-0.3, -0.25) is 4.79 Å². The molecule has 19 heavy (non-hydrogen) atoms. The van der Waals surface area contributed by atoms with Crippen molar-refractivity contribution in [1.82, 2.24) is 14.6 Å². The van der Waals surface area contributed by atoms with Gasteiger partial charge >= 0.3 is 5.97 Å². The monoisotopic (exact) mass is 261 g/mol. The van der Waals surface area contributed by atoms with Crippen molar-refractivity contribution in [3.8, 4) is 5.75 Å². The van der Waals surface area contributed by atoms with Gasteiger partial charge in [-0.1, -0.05) is 0 Å². The molecule has 0 atom stereocenters. The summed E-state index contributed by atoms with van der Waals surface area (Å²) in [5, 5.41) is 4.38. The molecule has 1 saturated carbocycles. The second kappa shape index (κ2) is 4.22. The Labute approximate surface area is 110 Å². The zero-order valence-electron chi connectivity index (χ0n) is 10.9. The van der Waals surface area contributed by atoms with Crippen LogP contribution in [0.15, 0.2) is 18.3 Å². The van der Waals surface area contributed by atoms with Gasteiger partial charge in [0.15, 0.2) is 17.2 Å². The number of aromatic nitrogens is 3. The first-order chi connectivity index (χ1) is 9.21. The molecule has 6 heteroatoms. The minimum Gasteiger partial charge on any atom is -0.493 e. The molecule has 0 amide bonds. The van der Waals surface area contributed by atoms with Crippen molar-refractivity contribution in [3.05, 3.63) is 24.2 Å². The van der Waals surface area contributed by atoms with E-state index >= 15 is 0 Å². The van der Waals surface area contributed by atoms with Crippen molar-refractivity contribution in [2.45, 2.75) is 25.2 Å². The van der Waals surface area contributed by atoms with Crippen LogP contribution >= 0.6 is 0 Å². The van der Waals surface area contributed by atoms with E-state index in [1.54, 1.807) is 24.7 Å². The third-order valence-electron chi connectivity index (χ3n) is 3.39. The maximum absolute atomic E-state index is 12.0. The van der Waals surface area contributed by atoms with Gasteiger partial charge in [-0.05, 0) is 31.9 Å². The van der Waals surface area contributed by atoms with Crippen LogP contribution < -0.4 is 4.74 Å². The predicted molar refractivity (Wildman–Crippen MR) is 67.1 cm³/mol. The third kappa shape index (κ3) is 1.75. The molecule has 1 aliphatic rings. The Balaban J connectivity index is 2.04. The molecule has 0 aromatic carbocycles. The number of methoxy groups -OCH3 is 1. The number of ether oxygens (including phenoxy) is 2. The zero-order valence-corrected chi connectivity index (χ0v) is 10.9. The lowest BCUT2D eigenvalue weighted by molar-refractivity contribution is -0.146. The number of carbonyl (C=O) groups is 1. The molecule has 0 saturated heterocycles. The standard InChI is InChI=1S/C13H15N3O3/c1-3-19-12(17)13(6-7-13)11-14-10-9(18-2)5-4-8-16(10)15-11/h4-5,8H,3,6-7H2,1-2H3. The summed E-state index contributed by atoms with van der Waals surface area (Å²) in [6, 6.07) is 3.64. The molecule has 1 aliphatic carbocycles. The quantitative estimate of drug-likeness (QED) is 0.777. The highest BCUT2D eigenvalue weighted by atomic mass is 16.5. The van der Waals surface area contributed by atoms with Crippen molar-refractivity contribution in [1.29, 1.82) is 0 Å². The van der Waals surface area contributed by atoms with Gasteiger partial charge in [-0.2, -0.15) is 0 Å². The Hall–Kier alpha value is -2.11. The zero-order chi connectivity index (χ0) is 13.5. The average Bonchev–Trinajstić information content (AvgIpc) is 3.12. The molecule has 0 bridgehead atoms. The number of hydrogen-bond acceptors (Lipinski definition) is 5. The summed E-state index contributed by atoms with van der Waals surface area (Å²) in [5.41, 5.74) is -0.0249. The molecule has 1 fully saturated rings. The van der Waals surface area contributed by atoms with E-state index in [1.165, 1.54) is 0 Å². The molecule has 100 valence electrons. The lowest BCUT2D eigenvalue weighted by Gasteiger charge is -2.08. The Morgan fingerprint density at radius 1 is 1.53 bits per heavy atom. The number of nitrogens with zero attached hydrogens (tertiary/aromatic N) is 3. The van der Waals surface area contributed by atoms with Gasteiger partial charge in [-0.25, -0.2) is 9.50 Å². The molecule has 3 rings (SSSR count). The molecule has 0 radical (unpaired) electrons. The molecule has 0 unspecified atom stereocenters. The second-order valence-corrected chi connectivity index (χ2v) is 4.58. The molecule has 0 N–H and O–H groups in total. The van der Waals surface area contributed by atoms with Crippen LogP contribution in [0.3, 0.4) is 0 Å². The fraction of sp³-hybridized carbons (Fsp3) is 0.462. The number of esters is 1. The summed E-state index contributed by atoms with van der Waals surface area (Å²) >= 11 is 0. The van der Waals surface area contributed by atoms with Gasteiger partial charge in [0.2, 0.25) is 0 Å². The summed E-state index contributed by atoms with van der Waals surface area (Å²) in [4.78, 5) is 16.5. The second-order valence-electron chi connectivity index (χ2n) is 4.58. The number of rotatable bonds is 4. The van der Waals surface area contributed by atoms with Gasteiger partial charge in [0.1, 0.15) is 5.41 Å². The Morgan fingerprint density at radius 2 is 2.32 bits per heavy atom. The minimum absolute atomic E-state index is 0.232. The molecule has 2 aromatic rings. The van der Waals surface area contributed by atoms with Crippen molar-refractivity contribution in [3.63, 3.8) is 0 Å². The van der Waals surface area contributed by atoms with Crippen molar-refractivity contribution < 1.29 is 14.3 Å². The third-order valence-corrected chi connectivity index (χ3v) is 3.39. The summed E-state index contributed by atoms with van der Waals surface area (Å²) in [7, 11) is 1.59. The van der Waals surface area contributed by atoms with Crippen LogP contribution in [0.1, 0.15) is 25.6 Å². The fourth-order valence-corrected chi connectivity index (χ4v) is 2.16. The van der Waals surface area contributed by atoms with Gasteiger partial charge in [-0.15, -0.1) is 5.10 Å². The number of pyridine rings is 1. The molecule has 0 aliphatic heterocycles. The van der Waals surface area contributed by atoms with E-state index in [9.17, 15) is 4.79 Å². The van der Waals surface area contributed by atoms with E-state index < -0.39 is 5.41 Å². The number of hydrogen-bond donors (Lipinski definition) is 0. The van der Waals surface area contributed by atoms with E-state index in [0.29, 0.717) is 23.8 Å². The summed E-state index contributed by atoms with van der Waals surface area (Å²) < 4.78 is 12.0. The van der Waals surface area contributed by atoms with E-state index in [0.717, 1.165) is 12.8 Å². The summed E-state index contributed by atoms with van der Waals surface area (Å²) in [6.45, 7) is 2.17. The van der Waals surface area contributed by atoms with Gasteiger partial charge in [0, 0.05) is 6.20 Å². The normalized spacial score (nSPS) is 16.3. The van der Waals surface area contributed by atoms with Crippen LogP contribution in [-0.4, -0.2) is 34.3 Å². The molecule has 2 heterocycles. The highest BCUT2D eigenvalue weighted by Gasteiger charge is 2.56. The van der Waals surface area contributed by atoms with Gasteiger partial charge in [0.05, 0.1) is 13.7 Å². The molecular formula is C13H15N3O3. The lowest BCUT2D eigenvalue weighted by Crippen LogP contribution is -2.24. The van der Waals surface area contributed by atoms with Crippen LogP contribution in [0, 0.1) is 0 Å². The Morgan fingerprint density at radius 3 is 2.95 bits per heavy atom. The van der Waals surface area contributed by atoms with E-state index in [-0.39, 0.29) is 5.97 Å². The Kier molecular flexibility index (Phi) is 2.66. The van der Waals surface area contributed by atoms with Gasteiger partial charge < -0.3 is 9.47 Å². The van der Waals surface area contributed by atoms with Crippen molar-refractivity contribution in [2.24, 2.45) is 0 Å². The average molecular weight is 261 g/mol. The maximum atomic E-state index is 12.0. The highest BCUT2D eigenvalue weighted by molar-refractivity contribution is 5.85. The SMILES string of the molecule is CCOC(=O)C1(c2nc3c(OC)cccn3n2)CC1. The largest absolute Gasteiger partial charge is 0.493 e. The lowest BCUT2D eigenvalue weighted by atomic mass is 10.1. The fourth-order valence-electron chi connectivity index (χ4n) is 2.16. The van der Waals surface area contributed by atoms with Crippen LogP contribution in [-0.2, 0) is 14.9 Å². The topological polar surface area (TPSA) is 65.7 Å². The number of fused-ring (bicyclic) bond motifs is 1. The summed E-state index contributed by atoms with van der Waals surface area (Å²) in [6.07, 6.45) is 3.27. The first-order valence-corrected chi connectivity index (χ1v) is 6.28. The van der Waals surface area contributed by atoms with Crippen LogP contribution in [0.25, 0.3) is 5.65 Å². The van der Waals surface area contributed by atoms with E-state index in [4.69, 9.17) is 9.47 Å².